The summed E-state index contributed by atoms with van der Waals surface area (Å²) in [7, 11) is 0. The van der Waals surface area contributed by atoms with Crippen LogP contribution in [0.15, 0.2) is 0 Å². The monoisotopic (exact) mass is 194 g/mol. The summed E-state index contributed by atoms with van der Waals surface area (Å²) in [6, 6.07) is 0.133. The lowest BCUT2D eigenvalue weighted by atomic mass is 10.3. The molecule has 0 aliphatic rings. The number of likely N-dealkylation sites (N-methyl/N-ethyl adjacent to an activating group) is 1. The van der Waals surface area contributed by atoms with E-state index in [9.17, 15) is 8.78 Å². The average molecular weight is 194 g/mol. The van der Waals surface area contributed by atoms with Crippen molar-refractivity contribution in [2.75, 3.05) is 26.2 Å². The van der Waals surface area contributed by atoms with E-state index >= 15 is 0 Å². The highest BCUT2D eigenvalue weighted by Gasteiger charge is 2.08. The predicted molar refractivity (Wildman–Crippen MR) is 51.3 cm³/mol. The van der Waals surface area contributed by atoms with Gasteiger partial charge in [0, 0.05) is 12.6 Å². The number of nitrogens with one attached hydrogen (secondary N) is 1. The summed E-state index contributed by atoms with van der Waals surface area (Å²) in [5.74, 6) is 0. The van der Waals surface area contributed by atoms with Crippen LogP contribution >= 0.6 is 0 Å². The van der Waals surface area contributed by atoms with Crippen molar-refractivity contribution >= 4 is 0 Å². The lowest BCUT2D eigenvalue weighted by molar-refractivity contribution is 0.138. The Balaban J connectivity index is 3.53. The largest absolute Gasteiger partial charge is 0.308 e. The number of halogens is 2. The van der Waals surface area contributed by atoms with Crippen LogP contribution in [0.3, 0.4) is 0 Å². The minimum Gasteiger partial charge on any atom is -0.308 e. The zero-order chi connectivity index (χ0) is 10.3. The van der Waals surface area contributed by atoms with Crippen LogP contribution in [0.5, 0.6) is 0 Å². The maximum atomic E-state index is 11.8. The molecule has 0 heterocycles. The number of nitrogens with zero attached hydrogens (tertiary/aromatic N) is 1. The molecular weight excluding hydrogens is 174 g/mol. The third-order valence-electron chi connectivity index (χ3n) is 2.05. The van der Waals surface area contributed by atoms with E-state index in [1.807, 2.05) is 6.92 Å². The molecule has 0 rings (SSSR count). The first-order valence-electron chi connectivity index (χ1n) is 4.84. The van der Waals surface area contributed by atoms with Crippen LogP contribution in [0.4, 0.5) is 8.78 Å². The van der Waals surface area contributed by atoms with Gasteiger partial charge in [-0.25, -0.2) is 8.78 Å². The van der Waals surface area contributed by atoms with E-state index < -0.39 is 6.43 Å². The zero-order valence-corrected chi connectivity index (χ0v) is 8.69. The summed E-state index contributed by atoms with van der Waals surface area (Å²) in [5, 5.41) is 2.79. The molecule has 1 unspecified atom stereocenters. The van der Waals surface area contributed by atoms with Crippen molar-refractivity contribution in [3.05, 3.63) is 0 Å². The summed E-state index contributed by atoms with van der Waals surface area (Å²) < 4.78 is 23.6. The Morgan fingerprint density at radius 3 is 2.15 bits per heavy atom. The summed E-state index contributed by atoms with van der Waals surface area (Å²) in [6.07, 6.45) is -2.25. The molecule has 0 spiro atoms. The molecule has 0 aliphatic heterocycles. The fraction of sp³-hybridized carbons (Fsp3) is 1.00. The lowest BCUT2D eigenvalue weighted by Crippen LogP contribution is -2.40. The summed E-state index contributed by atoms with van der Waals surface area (Å²) >= 11 is 0. The Morgan fingerprint density at radius 1 is 1.23 bits per heavy atom. The molecule has 0 saturated carbocycles. The second-order valence-electron chi connectivity index (χ2n) is 3.19. The lowest BCUT2D eigenvalue weighted by Gasteiger charge is -2.23. The Bertz CT molecular complexity index is 116. The molecule has 13 heavy (non-hydrogen) atoms. The second-order valence-corrected chi connectivity index (χ2v) is 3.19. The second kappa shape index (κ2) is 7.21. The minimum atomic E-state index is -2.25. The van der Waals surface area contributed by atoms with E-state index in [2.05, 4.69) is 24.1 Å². The predicted octanol–water partition coefficient (Wildman–Crippen LogP) is 1.57. The Labute approximate surface area is 79.3 Å². The van der Waals surface area contributed by atoms with Crippen molar-refractivity contribution in [2.45, 2.75) is 33.2 Å². The molecule has 0 aliphatic carbocycles. The van der Waals surface area contributed by atoms with Crippen molar-refractivity contribution < 1.29 is 8.78 Å². The van der Waals surface area contributed by atoms with E-state index in [0.717, 1.165) is 19.6 Å². The van der Waals surface area contributed by atoms with Crippen molar-refractivity contribution in [1.29, 1.82) is 0 Å². The maximum absolute atomic E-state index is 11.8. The average Bonchev–Trinajstić information content (AvgIpc) is 2.10. The van der Waals surface area contributed by atoms with Crippen LogP contribution < -0.4 is 5.32 Å². The van der Waals surface area contributed by atoms with Gasteiger partial charge in [0.2, 0.25) is 0 Å². The SMILES string of the molecule is CCN(CC)CC(C)NCC(F)F. The van der Waals surface area contributed by atoms with Gasteiger partial charge in [-0.3, -0.25) is 0 Å². The van der Waals surface area contributed by atoms with Gasteiger partial charge in [-0.1, -0.05) is 13.8 Å². The van der Waals surface area contributed by atoms with Gasteiger partial charge >= 0.3 is 0 Å². The summed E-state index contributed by atoms with van der Waals surface area (Å²) in [5.41, 5.74) is 0. The molecule has 0 amide bonds. The van der Waals surface area contributed by atoms with Crippen LogP contribution in [0.1, 0.15) is 20.8 Å². The molecule has 2 nitrogen and oxygen atoms in total. The smallest absolute Gasteiger partial charge is 0.250 e. The molecule has 0 saturated heterocycles. The molecular formula is C9H20F2N2. The molecule has 1 atom stereocenters. The molecule has 4 heteroatoms. The van der Waals surface area contributed by atoms with Crippen molar-refractivity contribution in [3.63, 3.8) is 0 Å². The number of hydrogen-bond donors (Lipinski definition) is 1. The quantitative estimate of drug-likeness (QED) is 0.662. The van der Waals surface area contributed by atoms with Gasteiger partial charge in [0.15, 0.2) is 0 Å². The van der Waals surface area contributed by atoms with Gasteiger partial charge < -0.3 is 10.2 Å². The number of alkyl halides is 2. The van der Waals surface area contributed by atoms with E-state index in [1.54, 1.807) is 0 Å². The normalized spacial score (nSPS) is 14.1. The van der Waals surface area contributed by atoms with E-state index in [0.29, 0.717) is 0 Å². The Kier molecular flexibility index (Phi) is 7.09. The highest BCUT2D eigenvalue weighted by Crippen LogP contribution is 1.94. The fourth-order valence-electron chi connectivity index (χ4n) is 1.22. The first kappa shape index (κ1) is 12.8. The van der Waals surface area contributed by atoms with Crippen molar-refractivity contribution in [1.82, 2.24) is 10.2 Å². The van der Waals surface area contributed by atoms with E-state index in [-0.39, 0.29) is 12.6 Å². The van der Waals surface area contributed by atoms with Crippen molar-refractivity contribution in [3.8, 4) is 0 Å². The molecule has 0 radical (unpaired) electrons. The zero-order valence-electron chi connectivity index (χ0n) is 8.69. The third-order valence-corrected chi connectivity index (χ3v) is 2.05. The van der Waals surface area contributed by atoms with Crippen LogP contribution in [0, 0.1) is 0 Å². The van der Waals surface area contributed by atoms with Crippen LogP contribution in [0.25, 0.3) is 0 Å². The van der Waals surface area contributed by atoms with Gasteiger partial charge in [-0.2, -0.15) is 0 Å². The summed E-state index contributed by atoms with van der Waals surface area (Å²) in [4.78, 5) is 2.21. The number of hydrogen-bond acceptors (Lipinski definition) is 2. The number of rotatable bonds is 7. The van der Waals surface area contributed by atoms with Crippen LogP contribution in [-0.4, -0.2) is 43.5 Å². The Morgan fingerprint density at radius 2 is 1.77 bits per heavy atom. The molecule has 0 bridgehead atoms. The topological polar surface area (TPSA) is 15.3 Å². The molecule has 0 aromatic carbocycles. The van der Waals surface area contributed by atoms with Gasteiger partial charge in [0.1, 0.15) is 0 Å². The molecule has 80 valence electrons. The fourth-order valence-corrected chi connectivity index (χ4v) is 1.22. The van der Waals surface area contributed by atoms with Gasteiger partial charge in [-0.15, -0.1) is 0 Å². The summed E-state index contributed by atoms with van der Waals surface area (Å²) in [6.45, 7) is 8.64. The standard InChI is InChI=1S/C9H20F2N2/c1-4-13(5-2)7-8(3)12-6-9(10)11/h8-9,12H,4-7H2,1-3H3. The first-order valence-corrected chi connectivity index (χ1v) is 4.84. The maximum Gasteiger partial charge on any atom is 0.250 e. The van der Waals surface area contributed by atoms with Crippen LogP contribution in [-0.2, 0) is 0 Å². The van der Waals surface area contributed by atoms with Gasteiger partial charge in [-0.05, 0) is 20.0 Å². The highest BCUT2D eigenvalue weighted by molar-refractivity contribution is 4.66. The molecule has 0 fully saturated rings. The highest BCUT2D eigenvalue weighted by atomic mass is 19.3. The van der Waals surface area contributed by atoms with Crippen LogP contribution in [0.2, 0.25) is 0 Å². The van der Waals surface area contributed by atoms with Gasteiger partial charge in [0.05, 0.1) is 6.54 Å². The Hall–Kier alpha value is -0.220. The van der Waals surface area contributed by atoms with E-state index in [1.165, 1.54) is 0 Å². The minimum absolute atomic E-state index is 0.133. The molecule has 1 N–H and O–H groups in total. The molecule has 0 aromatic heterocycles. The van der Waals surface area contributed by atoms with Gasteiger partial charge in [0.25, 0.3) is 6.43 Å². The third kappa shape index (κ3) is 6.90. The molecule has 0 aromatic rings. The van der Waals surface area contributed by atoms with Crippen molar-refractivity contribution in [2.24, 2.45) is 0 Å². The van der Waals surface area contributed by atoms with E-state index in [4.69, 9.17) is 0 Å². The first-order chi connectivity index (χ1) is 6.10.